The number of hydrogen-bond donors (Lipinski definition) is 1. The normalized spacial score (nSPS) is 15.5. The van der Waals surface area contributed by atoms with Crippen molar-refractivity contribution in [1.82, 2.24) is 14.4 Å². The molecule has 6 nitrogen and oxygen atoms in total. The molecule has 0 unspecified atom stereocenters. The molecule has 2 heterocycles. The number of carboxylic acids is 1. The van der Waals surface area contributed by atoms with Crippen LogP contribution in [-0.4, -0.2) is 58.2 Å². The summed E-state index contributed by atoms with van der Waals surface area (Å²) in [5.74, 6) is -0.455. The number of aromatic nitrogens is 1. The minimum absolute atomic E-state index is 0.135. The summed E-state index contributed by atoms with van der Waals surface area (Å²) in [5.41, 5.74) is 0.960. The quantitative estimate of drug-likeness (QED) is 0.608. The number of carbonyl (C=O) groups is 1. The van der Waals surface area contributed by atoms with Gasteiger partial charge in [0.25, 0.3) is 5.56 Å². The first-order chi connectivity index (χ1) is 15.4. The summed E-state index contributed by atoms with van der Waals surface area (Å²) < 4.78 is 1.53. The Balaban J connectivity index is 1.85. The lowest BCUT2D eigenvalue weighted by atomic mass is 10.0. The third-order valence-electron chi connectivity index (χ3n) is 5.95. The van der Waals surface area contributed by atoms with Crippen LogP contribution in [0, 0.1) is 5.92 Å². The number of fused-ring (bicyclic) bond motifs is 1. The molecule has 1 N–H and O–H groups in total. The molecule has 32 heavy (non-hydrogen) atoms. The van der Waals surface area contributed by atoms with E-state index in [1.165, 1.54) is 4.57 Å². The van der Waals surface area contributed by atoms with Crippen LogP contribution >= 0.6 is 11.6 Å². The van der Waals surface area contributed by atoms with E-state index in [0.29, 0.717) is 29.2 Å². The van der Waals surface area contributed by atoms with Crippen LogP contribution in [0.4, 0.5) is 0 Å². The molecule has 0 spiro atoms. The zero-order valence-corrected chi connectivity index (χ0v) is 19.2. The number of piperazine rings is 1. The Labute approximate surface area is 192 Å². The van der Waals surface area contributed by atoms with E-state index in [2.05, 4.69) is 23.6 Å². The Morgan fingerprint density at radius 1 is 1.00 bits per heavy atom. The molecule has 3 aromatic rings. The summed E-state index contributed by atoms with van der Waals surface area (Å²) in [4.78, 5) is 30.8. The van der Waals surface area contributed by atoms with Gasteiger partial charge in [-0.1, -0.05) is 55.8 Å². The van der Waals surface area contributed by atoms with Crippen molar-refractivity contribution >= 4 is 28.3 Å². The van der Waals surface area contributed by atoms with E-state index in [1.54, 1.807) is 18.2 Å². The van der Waals surface area contributed by atoms with Crippen LogP contribution in [0.25, 0.3) is 16.5 Å². The lowest BCUT2D eigenvalue weighted by molar-refractivity contribution is 0.0693. The van der Waals surface area contributed by atoms with Gasteiger partial charge in [0.2, 0.25) is 0 Å². The van der Waals surface area contributed by atoms with Crippen molar-refractivity contribution in [1.29, 1.82) is 0 Å². The maximum Gasteiger partial charge on any atom is 0.338 e. The summed E-state index contributed by atoms with van der Waals surface area (Å²) in [7, 11) is 0. The van der Waals surface area contributed by atoms with Crippen molar-refractivity contribution in [2.75, 3.05) is 32.7 Å². The highest BCUT2D eigenvalue weighted by Crippen LogP contribution is 2.28. The van der Waals surface area contributed by atoms with Crippen LogP contribution in [0.3, 0.4) is 0 Å². The fourth-order valence-electron chi connectivity index (χ4n) is 4.55. The molecule has 0 saturated carbocycles. The third kappa shape index (κ3) is 4.44. The van der Waals surface area contributed by atoms with Gasteiger partial charge in [-0.25, -0.2) is 4.79 Å². The molecule has 1 aliphatic rings. The Bertz CT molecular complexity index is 1180. The number of rotatable bonds is 6. The molecular weight excluding hydrogens is 426 g/mol. The fourth-order valence-corrected chi connectivity index (χ4v) is 4.80. The number of hydrogen-bond acceptors (Lipinski definition) is 4. The van der Waals surface area contributed by atoms with Crippen molar-refractivity contribution in [3.8, 4) is 5.69 Å². The maximum atomic E-state index is 13.6. The van der Waals surface area contributed by atoms with Gasteiger partial charge in [0, 0.05) is 50.3 Å². The summed E-state index contributed by atoms with van der Waals surface area (Å²) in [5, 5.41) is 11.1. The van der Waals surface area contributed by atoms with Crippen LogP contribution < -0.4 is 5.56 Å². The molecule has 0 radical (unpaired) electrons. The first kappa shape index (κ1) is 22.5. The van der Waals surface area contributed by atoms with Gasteiger partial charge in [-0.2, -0.15) is 0 Å². The zero-order valence-electron chi connectivity index (χ0n) is 18.4. The lowest BCUT2D eigenvalue weighted by Crippen LogP contribution is -2.47. The standard InChI is InChI=1S/C25H28ClN3O3/c1-17(2)15-27-11-13-28(14-12-27)16-21-23(25(31)32)19-9-6-10-20(26)22(19)24(30)29(21)18-7-4-3-5-8-18/h3-10,17H,11-16H2,1-2H3,(H,31,32). The first-order valence-corrected chi connectivity index (χ1v) is 11.3. The summed E-state index contributed by atoms with van der Waals surface area (Å²) in [6.07, 6.45) is 0. The van der Waals surface area contributed by atoms with Crippen LogP contribution in [-0.2, 0) is 6.54 Å². The summed E-state index contributed by atoms with van der Waals surface area (Å²) >= 11 is 6.38. The van der Waals surface area contributed by atoms with Crippen molar-refractivity contribution < 1.29 is 9.90 Å². The van der Waals surface area contributed by atoms with Gasteiger partial charge in [-0.15, -0.1) is 0 Å². The van der Waals surface area contributed by atoms with Crippen LogP contribution in [0.5, 0.6) is 0 Å². The number of benzene rings is 2. The van der Waals surface area contributed by atoms with Gasteiger partial charge >= 0.3 is 5.97 Å². The summed E-state index contributed by atoms with van der Waals surface area (Å²) in [6.45, 7) is 9.35. The van der Waals surface area contributed by atoms with E-state index < -0.39 is 5.97 Å². The highest BCUT2D eigenvalue weighted by atomic mass is 35.5. The molecule has 2 aromatic carbocycles. The first-order valence-electron chi connectivity index (χ1n) is 11.0. The molecule has 1 aliphatic heterocycles. The van der Waals surface area contributed by atoms with Crippen molar-refractivity contribution in [3.05, 3.63) is 75.2 Å². The Hall–Kier alpha value is -2.67. The maximum absolute atomic E-state index is 13.6. The molecule has 0 aliphatic carbocycles. The average Bonchev–Trinajstić information content (AvgIpc) is 2.75. The van der Waals surface area contributed by atoms with Gasteiger partial charge in [-0.05, 0) is 24.1 Å². The van der Waals surface area contributed by atoms with Gasteiger partial charge in [0.1, 0.15) is 0 Å². The van der Waals surface area contributed by atoms with E-state index in [1.807, 2.05) is 30.3 Å². The van der Waals surface area contributed by atoms with Gasteiger partial charge in [0.05, 0.1) is 21.7 Å². The smallest absolute Gasteiger partial charge is 0.338 e. The molecule has 1 saturated heterocycles. The second-order valence-electron chi connectivity index (χ2n) is 8.74. The minimum atomic E-state index is -1.06. The molecule has 4 rings (SSSR count). The largest absolute Gasteiger partial charge is 0.478 e. The average molecular weight is 454 g/mol. The van der Waals surface area contributed by atoms with Crippen LogP contribution in [0.2, 0.25) is 5.02 Å². The number of pyridine rings is 1. The minimum Gasteiger partial charge on any atom is -0.478 e. The SMILES string of the molecule is CC(C)CN1CCN(Cc2c(C(=O)O)c3cccc(Cl)c3c(=O)n2-c2ccccc2)CC1. The molecular formula is C25H28ClN3O3. The molecule has 1 fully saturated rings. The van der Waals surface area contributed by atoms with E-state index in [-0.39, 0.29) is 21.5 Å². The second kappa shape index (κ2) is 9.45. The van der Waals surface area contributed by atoms with Gasteiger partial charge in [-0.3, -0.25) is 14.3 Å². The van der Waals surface area contributed by atoms with Crippen LogP contribution in [0.1, 0.15) is 29.9 Å². The molecule has 0 amide bonds. The number of nitrogens with zero attached hydrogens (tertiary/aromatic N) is 3. The predicted molar refractivity (Wildman–Crippen MR) is 128 cm³/mol. The predicted octanol–water partition coefficient (Wildman–Crippen LogP) is 4.12. The Morgan fingerprint density at radius 2 is 1.66 bits per heavy atom. The fraction of sp³-hybridized carbons (Fsp3) is 0.360. The third-order valence-corrected chi connectivity index (χ3v) is 6.26. The number of para-hydroxylation sites is 1. The molecule has 0 atom stereocenters. The van der Waals surface area contributed by atoms with E-state index in [4.69, 9.17) is 11.6 Å². The van der Waals surface area contributed by atoms with Gasteiger partial charge < -0.3 is 10.0 Å². The highest BCUT2D eigenvalue weighted by molar-refractivity contribution is 6.35. The summed E-state index contributed by atoms with van der Waals surface area (Å²) in [6, 6.07) is 14.2. The van der Waals surface area contributed by atoms with Crippen molar-refractivity contribution in [2.45, 2.75) is 20.4 Å². The zero-order chi connectivity index (χ0) is 22.8. The number of halogens is 1. The molecule has 168 valence electrons. The molecule has 0 bridgehead atoms. The Morgan fingerprint density at radius 3 is 2.28 bits per heavy atom. The van der Waals surface area contributed by atoms with E-state index in [9.17, 15) is 14.7 Å². The van der Waals surface area contributed by atoms with E-state index >= 15 is 0 Å². The monoisotopic (exact) mass is 453 g/mol. The number of aromatic carboxylic acids is 1. The van der Waals surface area contributed by atoms with Crippen LogP contribution in [0.15, 0.2) is 53.3 Å². The lowest BCUT2D eigenvalue weighted by Gasteiger charge is -2.36. The topological polar surface area (TPSA) is 65.8 Å². The molecule has 1 aromatic heterocycles. The molecule has 7 heteroatoms. The van der Waals surface area contributed by atoms with E-state index in [0.717, 1.165) is 32.7 Å². The second-order valence-corrected chi connectivity index (χ2v) is 9.14. The van der Waals surface area contributed by atoms with Crippen molar-refractivity contribution in [2.24, 2.45) is 5.92 Å². The van der Waals surface area contributed by atoms with Crippen molar-refractivity contribution in [3.63, 3.8) is 0 Å². The Kier molecular flexibility index (Phi) is 6.65. The highest BCUT2D eigenvalue weighted by Gasteiger charge is 2.26. The van der Waals surface area contributed by atoms with Gasteiger partial charge in [0.15, 0.2) is 0 Å². The number of carboxylic acid groups (broad SMARTS) is 1.